The van der Waals surface area contributed by atoms with Crippen molar-refractivity contribution >= 4 is 28.7 Å². The van der Waals surface area contributed by atoms with E-state index < -0.39 is 6.09 Å². The fourth-order valence-electron chi connectivity index (χ4n) is 3.98. The first kappa shape index (κ1) is 19.9. The topological polar surface area (TPSA) is 100 Å². The monoisotopic (exact) mass is 407 g/mol. The number of aromatic nitrogens is 3. The summed E-state index contributed by atoms with van der Waals surface area (Å²) in [5.41, 5.74) is 3.10. The van der Waals surface area contributed by atoms with Crippen LogP contribution in [0.25, 0.3) is 22.0 Å². The van der Waals surface area contributed by atoms with Crippen molar-refractivity contribution < 1.29 is 14.7 Å². The zero-order valence-corrected chi connectivity index (χ0v) is 17.1. The van der Waals surface area contributed by atoms with E-state index in [1.165, 1.54) is 4.90 Å². The number of carbonyl (C=O) groups is 2. The van der Waals surface area contributed by atoms with Crippen LogP contribution in [0.2, 0.25) is 0 Å². The minimum Gasteiger partial charge on any atom is -0.465 e. The molecule has 3 aromatic rings. The Morgan fingerprint density at radius 3 is 2.67 bits per heavy atom. The molecule has 0 aliphatic carbocycles. The molecule has 30 heavy (non-hydrogen) atoms. The predicted octanol–water partition coefficient (Wildman–Crippen LogP) is 4.01. The molecule has 8 heteroatoms. The maximum Gasteiger partial charge on any atom is 0.407 e. The van der Waals surface area contributed by atoms with Gasteiger partial charge in [0.15, 0.2) is 0 Å². The molecule has 0 unspecified atom stereocenters. The van der Waals surface area contributed by atoms with Crippen molar-refractivity contribution in [3.63, 3.8) is 0 Å². The van der Waals surface area contributed by atoms with Gasteiger partial charge in [-0.05, 0) is 50.5 Å². The summed E-state index contributed by atoms with van der Waals surface area (Å²) in [4.78, 5) is 33.6. The van der Waals surface area contributed by atoms with Crippen molar-refractivity contribution in [2.45, 2.75) is 32.7 Å². The fourth-order valence-corrected chi connectivity index (χ4v) is 3.98. The normalized spacial score (nSPS) is 15.0. The van der Waals surface area contributed by atoms with Gasteiger partial charge in [-0.25, -0.2) is 9.78 Å². The minimum absolute atomic E-state index is 0.113. The van der Waals surface area contributed by atoms with Crippen LogP contribution in [0.4, 0.5) is 10.6 Å². The van der Waals surface area contributed by atoms with Crippen LogP contribution in [0.1, 0.15) is 32.7 Å². The van der Waals surface area contributed by atoms with E-state index in [1.807, 2.05) is 24.4 Å². The molecule has 1 aliphatic rings. The molecule has 4 heterocycles. The predicted molar refractivity (Wildman–Crippen MR) is 114 cm³/mol. The number of nitrogens with zero attached hydrogens (tertiary/aromatic N) is 4. The summed E-state index contributed by atoms with van der Waals surface area (Å²) in [6.07, 6.45) is 7.56. The lowest BCUT2D eigenvalue weighted by molar-refractivity contribution is -0.121. The van der Waals surface area contributed by atoms with Crippen LogP contribution in [-0.2, 0) is 4.79 Å². The summed E-state index contributed by atoms with van der Waals surface area (Å²) >= 11 is 0. The number of rotatable bonds is 4. The second kappa shape index (κ2) is 8.14. The first-order valence-electron chi connectivity index (χ1n) is 10.1. The molecule has 0 radical (unpaired) electrons. The van der Waals surface area contributed by atoms with E-state index in [4.69, 9.17) is 5.11 Å². The van der Waals surface area contributed by atoms with Crippen molar-refractivity contribution in [2.24, 2.45) is 5.92 Å². The number of carbonyl (C=O) groups excluding carboxylic acids is 1. The Bertz CT molecular complexity index is 1080. The molecular formula is C22H25N5O3. The van der Waals surface area contributed by atoms with E-state index >= 15 is 0 Å². The number of piperidine rings is 1. The van der Waals surface area contributed by atoms with Crippen molar-refractivity contribution in [3.8, 4) is 11.1 Å². The first-order chi connectivity index (χ1) is 14.4. The van der Waals surface area contributed by atoms with Gasteiger partial charge in [-0.3, -0.25) is 9.78 Å². The lowest BCUT2D eigenvalue weighted by Crippen LogP contribution is -2.40. The van der Waals surface area contributed by atoms with Gasteiger partial charge < -0.3 is 19.9 Å². The van der Waals surface area contributed by atoms with Gasteiger partial charge in [0, 0.05) is 54.6 Å². The van der Waals surface area contributed by atoms with Gasteiger partial charge in [0.2, 0.25) is 5.91 Å². The Morgan fingerprint density at radius 2 is 1.97 bits per heavy atom. The van der Waals surface area contributed by atoms with Gasteiger partial charge in [-0.1, -0.05) is 0 Å². The highest BCUT2D eigenvalue weighted by Crippen LogP contribution is 2.33. The maximum absolute atomic E-state index is 12.7. The molecule has 1 fully saturated rings. The number of amides is 2. The van der Waals surface area contributed by atoms with Crippen molar-refractivity contribution in [1.82, 2.24) is 19.4 Å². The quantitative estimate of drug-likeness (QED) is 0.681. The number of fused-ring (bicyclic) bond motifs is 1. The molecule has 0 bridgehead atoms. The summed E-state index contributed by atoms with van der Waals surface area (Å²) in [6, 6.07) is 6.10. The molecule has 1 aliphatic heterocycles. The molecule has 0 atom stereocenters. The Kier molecular flexibility index (Phi) is 5.39. The van der Waals surface area contributed by atoms with Crippen LogP contribution < -0.4 is 5.32 Å². The van der Waals surface area contributed by atoms with Crippen LogP contribution in [0.3, 0.4) is 0 Å². The second-order valence-corrected chi connectivity index (χ2v) is 7.90. The van der Waals surface area contributed by atoms with Gasteiger partial charge in [0.05, 0.1) is 11.7 Å². The minimum atomic E-state index is -0.931. The SMILES string of the molecule is CC(C)n1cc(-c2ccnc(NC(=O)C3CCN(C(=O)O)CC3)c2)c2ccncc21. The highest BCUT2D eigenvalue weighted by molar-refractivity contribution is 5.97. The molecular weight excluding hydrogens is 382 g/mol. The number of nitrogens with one attached hydrogen (secondary N) is 1. The van der Waals surface area contributed by atoms with E-state index in [0.717, 1.165) is 22.0 Å². The average Bonchev–Trinajstić information content (AvgIpc) is 3.14. The summed E-state index contributed by atoms with van der Waals surface area (Å²) in [5, 5.41) is 13.1. The molecule has 0 saturated carbocycles. The molecule has 2 N–H and O–H groups in total. The van der Waals surface area contributed by atoms with E-state index in [9.17, 15) is 9.59 Å². The summed E-state index contributed by atoms with van der Waals surface area (Å²) in [7, 11) is 0. The zero-order valence-electron chi connectivity index (χ0n) is 17.1. The third-order valence-corrected chi connectivity index (χ3v) is 5.65. The molecule has 156 valence electrons. The largest absolute Gasteiger partial charge is 0.465 e. The summed E-state index contributed by atoms with van der Waals surface area (Å²) in [6.45, 7) is 5.02. The van der Waals surface area contributed by atoms with Gasteiger partial charge in [-0.2, -0.15) is 0 Å². The molecule has 1 saturated heterocycles. The van der Waals surface area contributed by atoms with Crippen LogP contribution >= 0.6 is 0 Å². The molecule has 0 spiro atoms. The van der Waals surface area contributed by atoms with E-state index in [2.05, 4.69) is 39.9 Å². The number of pyridine rings is 2. The Balaban J connectivity index is 1.55. The standard InChI is InChI=1S/C22H25N5O3/c1-14(2)27-13-18(17-4-7-23-12-19(17)27)16-3-8-24-20(11-16)25-21(28)15-5-9-26(10-6-15)22(29)30/h3-4,7-8,11-15H,5-6,9-10H2,1-2H3,(H,29,30)(H,24,25,28). The van der Waals surface area contributed by atoms with E-state index in [0.29, 0.717) is 37.8 Å². The van der Waals surface area contributed by atoms with Crippen molar-refractivity contribution in [3.05, 3.63) is 43.0 Å². The number of hydrogen-bond acceptors (Lipinski definition) is 4. The number of anilines is 1. The molecule has 3 aromatic heterocycles. The zero-order chi connectivity index (χ0) is 21.3. The van der Waals surface area contributed by atoms with Crippen molar-refractivity contribution in [2.75, 3.05) is 18.4 Å². The fraction of sp³-hybridized carbons (Fsp3) is 0.364. The smallest absolute Gasteiger partial charge is 0.407 e. The molecule has 8 nitrogen and oxygen atoms in total. The van der Waals surface area contributed by atoms with E-state index in [1.54, 1.807) is 12.4 Å². The highest BCUT2D eigenvalue weighted by atomic mass is 16.4. The summed E-state index contributed by atoms with van der Waals surface area (Å²) in [5.74, 6) is 0.177. The van der Waals surface area contributed by atoms with Crippen molar-refractivity contribution in [1.29, 1.82) is 0 Å². The van der Waals surface area contributed by atoms with Gasteiger partial charge in [0.1, 0.15) is 5.82 Å². The third-order valence-electron chi connectivity index (χ3n) is 5.65. The van der Waals surface area contributed by atoms with Gasteiger partial charge in [-0.15, -0.1) is 0 Å². The molecule has 0 aromatic carbocycles. The Hall–Kier alpha value is -3.42. The highest BCUT2D eigenvalue weighted by Gasteiger charge is 2.27. The first-order valence-corrected chi connectivity index (χ1v) is 10.1. The van der Waals surface area contributed by atoms with Crippen LogP contribution in [0, 0.1) is 5.92 Å². The second-order valence-electron chi connectivity index (χ2n) is 7.90. The third kappa shape index (κ3) is 3.85. The molecule has 4 rings (SSSR count). The Morgan fingerprint density at radius 1 is 1.20 bits per heavy atom. The number of likely N-dealkylation sites (tertiary alicyclic amines) is 1. The van der Waals surface area contributed by atoms with Gasteiger partial charge in [0.25, 0.3) is 0 Å². The van der Waals surface area contributed by atoms with Gasteiger partial charge >= 0.3 is 6.09 Å². The van der Waals surface area contributed by atoms with Crippen LogP contribution in [0.15, 0.2) is 43.0 Å². The maximum atomic E-state index is 12.7. The Labute approximate surface area is 174 Å². The lowest BCUT2D eigenvalue weighted by Gasteiger charge is -2.29. The number of hydrogen-bond donors (Lipinski definition) is 2. The van der Waals surface area contributed by atoms with Crippen LogP contribution in [0.5, 0.6) is 0 Å². The molecule has 2 amide bonds. The van der Waals surface area contributed by atoms with E-state index in [-0.39, 0.29) is 11.8 Å². The average molecular weight is 407 g/mol. The van der Waals surface area contributed by atoms with Crippen LogP contribution in [-0.4, -0.2) is 49.6 Å². The summed E-state index contributed by atoms with van der Waals surface area (Å²) < 4.78 is 2.19. The lowest BCUT2D eigenvalue weighted by atomic mass is 9.96. The number of carboxylic acid groups (broad SMARTS) is 1.